The van der Waals surface area contributed by atoms with Crippen LogP contribution in [0.2, 0.25) is 5.02 Å². The van der Waals surface area contributed by atoms with E-state index in [9.17, 15) is 4.79 Å². The Morgan fingerprint density at radius 2 is 1.86 bits per heavy atom. The summed E-state index contributed by atoms with van der Waals surface area (Å²) in [5.74, 6) is -0.207. The van der Waals surface area contributed by atoms with Crippen molar-refractivity contribution in [2.45, 2.75) is 38.1 Å². The first-order chi connectivity index (χ1) is 10.1. The molecule has 0 bridgehead atoms. The van der Waals surface area contributed by atoms with Crippen LogP contribution in [-0.4, -0.2) is 29.1 Å². The summed E-state index contributed by atoms with van der Waals surface area (Å²) in [6, 6.07) is 7.16. The molecule has 1 amide bonds. The molecule has 6 heteroatoms. The summed E-state index contributed by atoms with van der Waals surface area (Å²) in [6.07, 6.45) is 6.05. The van der Waals surface area contributed by atoms with Crippen molar-refractivity contribution in [1.82, 2.24) is 15.8 Å². The van der Waals surface area contributed by atoms with Crippen LogP contribution >= 0.6 is 23.8 Å². The number of hydrazine groups is 1. The molecule has 114 valence electrons. The second-order valence-electron chi connectivity index (χ2n) is 5.29. The normalized spacial score (nSPS) is 15.3. The van der Waals surface area contributed by atoms with Crippen molar-refractivity contribution in [3.05, 3.63) is 34.9 Å². The molecule has 4 nitrogen and oxygen atoms in total. The fraction of sp³-hybridized carbons (Fsp3) is 0.467. The number of benzene rings is 1. The minimum absolute atomic E-state index is 0.207. The first-order valence-corrected chi connectivity index (χ1v) is 7.95. The molecule has 0 heterocycles. The van der Waals surface area contributed by atoms with Gasteiger partial charge in [-0.05, 0) is 49.3 Å². The monoisotopic (exact) mass is 325 g/mol. The molecule has 1 aliphatic carbocycles. The van der Waals surface area contributed by atoms with E-state index in [0.717, 1.165) is 12.8 Å². The van der Waals surface area contributed by atoms with Crippen molar-refractivity contribution in [2.24, 2.45) is 0 Å². The van der Waals surface area contributed by atoms with Gasteiger partial charge in [0.2, 0.25) is 0 Å². The highest BCUT2D eigenvalue weighted by atomic mass is 35.5. The number of amides is 1. The smallest absolute Gasteiger partial charge is 0.269 e. The number of rotatable bonds is 2. The van der Waals surface area contributed by atoms with E-state index in [0.29, 0.717) is 21.7 Å². The molecule has 0 atom stereocenters. The summed E-state index contributed by atoms with van der Waals surface area (Å²) in [7, 11) is 1.74. The molecule has 0 radical (unpaired) electrons. The summed E-state index contributed by atoms with van der Waals surface area (Å²) >= 11 is 11.1. The third-order valence-corrected chi connectivity index (χ3v) is 4.26. The Balaban J connectivity index is 1.84. The number of carbonyl (C=O) groups excluding carboxylic acids is 1. The van der Waals surface area contributed by atoms with Crippen LogP contribution in [0.4, 0.5) is 0 Å². The van der Waals surface area contributed by atoms with Crippen molar-refractivity contribution in [1.29, 1.82) is 0 Å². The van der Waals surface area contributed by atoms with E-state index in [1.54, 1.807) is 36.3 Å². The van der Waals surface area contributed by atoms with Gasteiger partial charge in [0.25, 0.3) is 5.91 Å². The molecule has 0 unspecified atom stereocenters. The van der Waals surface area contributed by atoms with Gasteiger partial charge in [-0.3, -0.25) is 15.2 Å². The lowest BCUT2D eigenvalue weighted by atomic mass is 9.96. The Kier molecular flexibility index (Phi) is 5.82. The Hall–Kier alpha value is -1.33. The van der Waals surface area contributed by atoms with Gasteiger partial charge in [0.05, 0.1) is 0 Å². The Labute approximate surface area is 135 Å². The van der Waals surface area contributed by atoms with Crippen molar-refractivity contribution in [2.75, 3.05) is 7.05 Å². The predicted molar refractivity (Wildman–Crippen MR) is 89.3 cm³/mol. The molecular weight excluding hydrogens is 306 g/mol. The van der Waals surface area contributed by atoms with Crippen LogP contribution in [0.5, 0.6) is 0 Å². The second kappa shape index (κ2) is 7.61. The van der Waals surface area contributed by atoms with Crippen LogP contribution in [0.3, 0.4) is 0 Å². The summed E-state index contributed by atoms with van der Waals surface area (Å²) in [5.41, 5.74) is 3.30. The standard InChI is InChI=1S/C15H20ClN3OS/c1-19(15(21)17-13-5-3-2-4-6-13)18-14(20)11-7-9-12(16)10-8-11/h7-10,13H,2-6H2,1H3,(H,17,21)(H,18,20). The lowest BCUT2D eigenvalue weighted by Gasteiger charge is -2.28. The van der Waals surface area contributed by atoms with E-state index in [1.165, 1.54) is 19.3 Å². The van der Waals surface area contributed by atoms with Crippen molar-refractivity contribution in [3.8, 4) is 0 Å². The van der Waals surface area contributed by atoms with Gasteiger partial charge in [-0.25, -0.2) is 0 Å². The molecule has 1 saturated carbocycles. The molecule has 0 aliphatic heterocycles. The third-order valence-electron chi connectivity index (χ3n) is 3.61. The molecule has 0 spiro atoms. The molecule has 2 N–H and O–H groups in total. The minimum Gasteiger partial charge on any atom is -0.358 e. The summed E-state index contributed by atoms with van der Waals surface area (Å²) < 4.78 is 0. The number of halogens is 1. The van der Waals surface area contributed by atoms with Gasteiger partial charge in [0.1, 0.15) is 0 Å². The number of hydrogen-bond acceptors (Lipinski definition) is 2. The van der Waals surface area contributed by atoms with Crippen molar-refractivity contribution in [3.63, 3.8) is 0 Å². The SMILES string of the molecule is CN(NC(=O)c1ccc(Cl)cc1)C(=S)NC1CCCCC1. The highest BCUT2D eigenvalue weighted by Gasteiger charge is 2.17. The van der Waals surface area contributed by atoms with Gasteiger partial charge >= 0.3 is 0 Å². The summed E-state index contributed by atoms with van der Waals surface area (Å²) in [4.78, 5) is 12.1. The highest BCUT2D eigenvalue weighted by Crippen LogP contribution is 2.17. The van der Waals surface area contributed by atoms with E-state index in [-0.39, 0.29) is 5.91 Å². The van der Waals surface area contributed by atoms with E-state index in [2.05, 4.69) is 10.7 Å². The molecule has 1 aromatic carbocycles. The summed E-state index contributed by atoms with van der Waals surface area (Å²) in [6.45, 7) is 0. The number of hydrogen-bond donors (Lipinski definition) is 2. The highest BCUT2D eigenvalue weighted by molar-refractivity contribution is 7.80. The number of nitrogens with one attached hydrogen (secondary N) is 2. The van der Waals surface area contributed by atoms with Gasteiger partial charge in [0.15, 0.2) is 5.11 Å². The topological polar surface area (TPSA) is 44.4 Å². The van der Waals surface area contributed by atoms with Gasteiger partial charge < -0.3 is 5.32 Å². The van der Waals surface area contributed by atoms with Crippen LogP contribution < -0.4 is 10.7 Å². The van der Waals surface area contributed by atoms with E-state index < -0.39 is 0 Å². The van der Waals surface area contributed by atoms with Gasteiger partial charge in [0, 0.05) is 23.7 Å². The second-order valence-corrected chi connectivity index (χ2v) is 6.11. The van der Waals surface area contributed by atoms with Crippen LogP contribution in [0.1, 0.15) is 42.5 Å². The zero-order valence-electron chi connectivity index (χ0n) is 12.1. The minimum atomic E-state index is -0.207. The Bertz CT molecular complexity index is 500. The molecule has 0 saturated heterocycles. The molecule has 2 rings (SSSR count). The first kappa shape index (κ1) is 16.0. The van der Waals surface area contributed by atoms with Crippen LogP contribution in [0.25, 0.3) is 0 Å². The largest absolute Gasteiger partial charge is 0.358 e. The molecule has 21 heavy (non-hydrogen) atoms. The Morgan fingerprint density at radius 1 is 1.24 bits per heavy atom. The van der Waals surface area contributed by atoms with Crippen molar-refractivity contribution < 1.29 is 4.79 Å². The van der Waals surface area contributed by atoms with Crippen molar-refractivity contribution >= 4 is 34.8 Å². The van der Waals surface area contributed by atoms with E-state index >= 15 is 0 Å². The Morgan fingerprint density at radius 3 is 2.48 bits per heavy atom. The zero-order chi connectivity index (χ0) is 15.2. The number of nitrogens with zero attached hydrogens (tertiary/aromatic N) is 1. The quantitative estimate of drug-likeness (QED) is 0.648. The maximum atomic E-state index is 12.1. The fourth-order valence-corrected chi connectivity index (χ4v) is 2.73. The lowest BCUT2D eigenvalue weighted by molar-refractivity contribution is 0.0885. The molecule has 0 aromatic heterocycles. The zero-order valence-corrected chi connectivity index (χ0v) is 13.6. The summed E-state index contributed by atoms with van der Waals surface area (Å²) in [5, 5.41) is 6.01. The van der Waals surface area contributed by atoms with E-state index in [4.69, 9.17) is 23.8 Å². The van der Waals surface area contributed by atoms with Gasteiger partial charge in [-0.2, -0.15) is 0 Å². The van der Waals surface area contributed by atoms with Gasteiger partial charge in [-0.1, -0.05) is 30.9 Å². The fourth-order valence-electron chi connectivity index (χ4n) is 2.39. The number of thiocarbonyl (C=S) groups is 1. The maximum absolute atomic E-state index is 12.1. The molecule has 1 aliphatic rings. The van der Waals surface area contributed by atoms with Gasteiger partial charge in [-0.15, -0.1) is 0 Å². The molecule has 1 aromatic rings. The number of carbonyl (C=O) groups is 1. The first-order valence-electron chi connectivity index (χ1n) is 7.17. The predicted octanol–water partition coefficient (Wildman–Crippen LogP) is 3.12. The van der Waals surface area contributed by atoms with Crippen LogP contribution in [0.15, 0.2) is 24.3 Å². The van der Waals surface area contributed by atoms with Crippen LogP contribution in [0, 0.1) is 0 Å². The average molecular weight is 326 g/mol. The molecule has 1 fully saturated rings. The average Bonchev–Trinajstić information content (AvgIpc) is 2.48. The van der Waals surface area contributed by atoms with Crippen LogP contribution in [-0.2, 0) is 0 Å². The third kappa shape index (κ3) is 4.86. The maximum Gasteiger partial charge on any atom is 0.269 e. The lowest BCUT2D eigenvalue weighted by Crippen LogP contribution is -2.51. The molecular formula is C15H20ClN3OS. The van der Waals surface area contributed by atoms with E-state index in [1.807, 2.05) is 0 Å².